The van der Waals surface area contributed by atoms with E-state index in [9.17, 15) is 9.59 Å². The summed E-state index contributed by atoms with van der Waals surface area (Å²) in [5.41, 5.74) is 0.694. The number of rotatable bonds is 3. The van der Waals surface area contributed by atoms with Gasteiger partial charge in [-0.05, 0) is 58.9 Å². The zero-order chi connectivity index (χ0) is 21.3. The van der Waals surface area contributed by atoms with Gasteiger partial charge in [-0.1, -0.05) is 17.7 Å². The maximum Gasteiger partial charge on any atom is 0.408 e. The van der Waals surface area contributed by atoms with Crippen molar-refractivity contribution in [3.63, 3.8) is 0 Å². The summed E-state index contributed by atoms with van der Waals surface area (Å²) in [5.74, 6) is 0.353. The van der Waals surface area contributed by atoms with Gasteiger partial charge in [0.05, 0.1) is 33.3 Å². The predicted octanol–water partition coefficient (Wildman–Crippen LogP) is 4.33. The van der Waals surface area contributed by atoms with Gasteiger partial charge in [0.25, 0.3) is 5.56 Å². The Morgan fingerprint density at radius 1 is 1.24 bits per heavy atom. The van der Waals surface area contributed by atoms with Gasteiger partial charge < -0.3 is 10.1 Å². The molecule has 2 aromatic heterocycles. The monoisotopic (exact) mass is 414 g/mol. The van der Waals surface area contributed by atoms with Crippen LogP contribution in [0.15, 0.2) is 41.3 Å². The number of amides is 1. The number of nitrogens with zero attached hydrogens (tertiary/aromatic N) is 3. The van der Waals surface area contributed by atoms with Gasteiger partial charge in [-0.3, -0.25) is 14.3 Å². The van der Waals surface area contributed by atoms with Crippen molar-refractivity contribution >= 4 is 28.6 Å². The molecule has 0 aliphatic heterocycles. The number of fused-ring (bicyclic) bond motifs is 1. The quantitative estimate of drug-likeness (QED) is 0.689. The Morgan fingerprint density at radius 2 is 1.97 bits per heavy atom. The fourth-order valence-electron chi connectivity index (χ4n) is 2.99. The lowest BCUT2D eigenvalue weighted by Crippen LogP contribution is -2.37. The second-order valence-electron chi connectivity index (χ2n) is 7.72. The highest BCUT2D eigenvalue weighted by molar-refractivity contribution is 6.35. The first-order valence-electron chi connectivity index (χ1n) is 9.21. The largest absolute Gasteiger partial charge is 0.444 e. The van der Waals surface area contributed by atoms with E-state index in [1.807, 2.05) is 0 Å². The Bertz CT molecular complexity index is 1130. The van der Waals surface area contributed by atoms with Crippen LogP contribution < -0.4 is 10.9 Å². The van der Waals surface area contributed by atoms with E-state index in [4.69, 9.17) is 16.3 Å². The molecule has 0 saturated carbocycles. The molecular weight excluding hydrogens is 392 g/mol. The number of aryl methyl sites for hydroxylation is 1. The molecule has 152 valence electrons. The molecule has 3 rings (SSSR count). The molecule has 0 fully saturated rings. The molecule has 0 saturated heterocycles. The van der Waals surface area contributed by atoms with Crippen molar-refractivity contribution < 1.29 is 9.53 Å². The third-order valence-electron chi connectivity index (χ3n) is 4.21. The normalized spacial score (nSPS) is 12.6. The van der Waals surface area contributed by atoms with E-state index in [0.29, 0.717) is 33.1 Å². The fraction of sp³-hybridized carbons (Fsp3) is 0.333. The Kier molecular flexibility index (Phi) is 5.61. The number of alkyl carbamates (subject to hydrolysis) is 1. The zero-order valence-electron chi connectivity index (χ0n) is 17.0. The molecule has 29 heavy (non-hydrogen) atoms. The Labute approximate surface area is 173 Å². The van der Waals surface area contributed by atoms with Crippen LogP contribution in [0.25, 0.3) is 16.6 Å². The Hall–Kier alpha value is -2.93. The van der Waals surface area contributed by atoms with Crippen LogP contribution in [0.3, 0.4) is 0 Å². The summed E-state index contributed by atoms with van der Waals surface area (Å²) in [7, 11) is 0. The first kappa shape index (κ1) is 20.8. The van der Waals surface area contributed by atoms with Crippen LogP contribution in [-0.4, -0.2) is 26.2 Å². The number of nitrogens with one attached hydrogen (secondary N) is 1. The van der Waals surface area contributed by atoms with Crippen LogP contribution in [0.4, 0.5) is 4.79 Å². The highest BCUT2D eigenvalue weighted by atomic mass is 35.5. The molecule has 3 aromatic rings. The predicted molar refractivity (Wildman–Crippen MR) is 113 cm³/mol. The van der Waals surface area contributed by atoms with E-state index in [1.54, 1.807) is 71.1 Å². The van der Waals surface area contributed by atoms with Crippen molar-refractivity contribution in [3.8, 4) is 5.69 Å². The van der Waals surface area contributed by atoms with Crippen LogP contribution in [0, 0.1) is 6.92 Å². The molecule has 0 aliphatic rings. The molecular formula is C21H23ClN4O3. The zero-order valence-corrected chi connectivity index (χ0v) is 17.7. The van der Waals surface area contributed by atoms with E-state index < -0.39 is 17.7 Å². The third-order valence-corrected chi connectivity index (χ3v) is 4.53. The molecule has 0 bridgehead atoms. The highest BCUT2D eigenvalue weighted by Gasteiger charge is 2.24. The highest BCUT2D eigenvalue weighted by Crippen LogP contribution is 2.23. The first-order chi connectivity index (χ1) is 13.6. The van der Waals surface area contributed by atoms with Gasteiger partial charge in [0.2, 0.25) is 0 Å². The van der Waals surface area contributed by atoms with Gasteiger partial charge >= 0.3 is 6.09 Å². The van der Waals surface area contributed by atoms with Crippen molar-refractivity contribution in [1.29, 1.82) is 0 Å². The van der Waals surface area contributed by atoms with E-state index in [0.717, 1.165) is 0 Å². The number of ether oxygens (including phenoxy) is 1. The minimum atomic E-state index is -0.645. The summed E-state index contributed by atoms with van der Waals surface area (Å²) in [5, 5.41) is 3.38. The molecule has 0 unspecified atom stereocenters. The minimum Gasteiger partial charge on any atom is -0.444 e. The molecule has 1 aromatic carbocycles. The lowest BCUT2D eigenvalue weighted by atomic mass is 10.2. The van der Waals surface area contributed by atoms with E-state index in [-0.39, 0.29) is 5.56 Å². The summed E-state index contributed by atoms with van der Waals surface area (Å²) in [4.78, 5) is 34.6. The molecule has 1 atom stereocenters. The van der Waals surface area contributed by atoms with Crippen molar-refractivity contribution in [3.05, 3.63) is 63.4 Å². The van der Waals surface area contributed by atoms with Gasteiger partial charge in [0.15, 0.2) is 0 Å². The standard InChI is InChI=1S/C21H23ClN4O3/c1-12-16(10-7-11-23-12)26-18(13(2)24-20(28)29-21(3,4)5)25-15-9-6-8-14(22)17(15)19(26)27/h6-11,13H,1-5H3,(H,24,28)/t13-/m0/s1. The maximum absolute atomic E-state index is 13.4. The van der Waals surface area contributed by atoms with Gasteiger partial charge in [0.1, 0.15) is 11.4 Å². The van der Waals surface area contributed by atoms with E-state index in [1.165, 1.54) is 4.57 Å². The first-order valence-corrected chi connectivity index (χ1v) is 9.59. The number of hydrogen-bond acceptors (Lipinski definition) is 5. The Morgan fingerprint density at radius 3 is 2.62 bits per heavy atom. The maximum atomic E-state index is 13.4. The summed E-state index contributed by atoms with van der Waals surface area (Å²) in [6, 6.07) is 7.99. The number of pyridine rings is 1. The third kappa shape index (κ3) is 4.40. The average Bonchev–Trinajstić information content (AvgIpc) is 2.60. The summed E-state index contributed by atoms with van der Waals surface area (Å²) in [6.45, 7) is 8.88. The van der Waals surface area contributed by atoms with Gasteiger partial charge in [-0.2, -0.15) is 0 Å². The minimum absolute atomic E-state index is 0.311. The topological polar surface area (TPSA) is 86.1 Å². The number of benzene rings is 1. The summed E-state index contributed by atoms with van der Waals surface area (Å²) < 4.78 is 6.78. The van der Waals surface area contributed by atoms with E-state index >= 15 is 0 Å². The molecule has 0 aliphatic carbocycles. The lowest BCUT2D eigenvalue weighted by molar-refractivity contribution is 0.0505. The van der Waals surface area contributed by atoms with Crippen LogP contribution in [-0.2, 0) is 4.74 Å². The van der Waals surface area contributed by atoms with Gasteiger partial charge in [-0.25, -0.2) is 9.78 Å². The molecule has 2 heterocycles. The van der Waals surface area contributed by atoms with Gasteiger partial charge in [0, 0.05) is 6.20 Å². The SMILES string of the molecule is Cc1ncccc1-n1c([C@H](C)NC(=O)OC(C)(C)C)nc2cccc(Cl)c2c1=O. The number of carbonyl (C=O) groups excluding carboxylic acids is 1. The molecule has 7 nitrogen and oxygen atoms in total. The molecule has 1 amide bonds. The Balaban J connectivity index is 2.20. The van der Waals surface area contributed by atoms with Crippen molar-refractivity contribution in [2.75, 3.05) is 0 Å². The number of carbonyl (C=O) groups is 1. The average molecular weight is 415 g/mol. The number of hydrogen-bond donors (Lipinski definition) is 1. The number of halogens is 1. The van der Waals surface area contributed by atoms with Crippen LogP contribution in [0.5, 0.6) is 0 Å². The van der Waals surface area contributed by atoms with E-state index in [2.05, 4.69) is 15.3 Å². The van der Waals surface area contributed by atoms with Crippen molar-refractivity contribution in [2.24, 2.45) is 0 Å². The van der Waals surface area contributed by atoms with Gasteiger partial charge in [-0.15, -0.1) is 0 Å². The summed E-state index contributed by atoms with van der Waals surface area (Å²) >= 11 is 6.29. The van der Waals surface area contributed by atoms with Crippen molar-refractivity contribution in [2.45, 2.75) is 46.3 Å². The second kappa shape index (κ2) is 7.83. The lowest BCUT2D eigenvalue weighted by Gasteiger charge is -2.23. The molecule has 1 N–H and O–H groups in total. The summed E-state index contributed by atoms with van der Waals surface area (Å²) in [6.07, 6.45) is 1.05. The smallest absolute Gasteiger partial charge is 0.408 e. The van der Waals surface area contributed by atoms with Crippen molar-refractivity contribution in [1.82, 2.24) is 19.9 Å². The van der Waals surface area contributed by atoms with Crippen LogP contribution in [0.1, 0.15) is 45.3 Å². The molecule has 0 spiro atoms. The van der Waals surface area contributed by atoms with Crippen LogP contribution in [0.2, 0.25) is 5.02 Å². The number of aromatic nitrogens is 3. The fourth-order valence-corrected chi connectivity index (χ4v) is 3.24. The van der Waals surface area contributed by atoms with Crippen LogP contribution >= 0.6 is 11.6 Å². The molecule has 8 heteroatoms. The molecule has 0 radical (unpaired) electrons. The second-order valence-corrected chi connectivity index (χ2v) is 8.13.